The van der Waals surface area contributed by atoms with Crippen LogP contribution in [0, 0.1) is 11.6 Å². The fraction of sp³-hybridized carbons (Fsp3) is 0.267. The Morgan fingerprint density at radius 1 is 1.24 bits per heavy atom. The molecule has 112 valence electrons. The Hall–Kier alpha value is -1.69. The molecule has 0 aliphatic rings. The molecule has 1 aromatic heterocycles. The first-order valence-corrected chi connectivity index (χ1v) is 7.03. The van der Waals surface area contributed by atoms with Crippen molar-refractivity contribution in [2.45, 2.75) is 26.4 Å². The van der Waals surface area contributed by atoms with E-state index in [0.29, 0.717) is 4.47 Å². The van der Waals surface area contributed by atoms with Gasteiger partial charge in [-0.25, -0.2) is 13.6 Å². The lowest BCUT2D eigenvalue weighted by Crippen LogP contribution is -2.27. The van der Waals surface area contributed by atoms with Gasteiger partial charge in [-0.05, 0) is 61.0 Å². The molecule has 0 atom stereocenters. The highest BCUT2D eigenvalue weighted by Gasteiger charge is 2.22. The molecule has 0 spiro atoms. The summed E-state index contributed by atoms with van der Waals surface area (Å²) in [6.45, 7) is 5.18. The van der Waals surface area contributed by atoms with Crippen molar-refractivity contribution in [3.63, 3.8) is 0 Å². The van der Waals surface area contributed by atoms with Crippen LogP contribution in [0.3, 0.4) is 0 Å². The summed E-state index contributed by atoms with van der Waals surface area (Å²) in [4.78, 5) is 12.2. The third kappa shape index (κ3) is 3.69. The molecule has 0 aliphatic carbocycles. The van der Waals surface area contributed by atoms with Crippen LogP contribution in [0.15, 0.2) is 34.9 Å². The van der Waals surface area contributed by atoms with Crippen LogP contribution in [-0.2, 0) is 4.74 Å². The van der Waals surface area contributed by atoms with E-state index in [1.54, 1.807) is 20.8 Å². The van der Waals surface area contributed by atoms with Gasteiger partial charge >= 0.3 is 6.09 Å². The normalized spacial score (nSPS) is 11.5. The summed E-state index contributed by atoms with van der Waals surface area (Å²) in [5.41, 5.74) is -0.481. The Kier molecular flexibility index (Phi) is 4.18. The first-order chi connectivity index (χ1) is 9.67. The molecule has 1 aromatic carbocycles. The maximum Gasteiger partial charge on any atom is 0.419 e. The molecule has 6 heteroatoms. The molecule has 1 heterocycles. The zero-order valence-electron chi connectivity index (χ0n) is 11.8. The maximum absolute atomic E-state index is 13.9. The summed E-state index contributed by atoms with van der Waals surface area (Å²) < 4.78 is 34.2. The molecule has 3 nitrogen and oxygen atoms in total. The van der Waals surface area contributed by atoms with Crippen molar-refractivity contribution in [3.8, 4) is 11.3 Å². The molecule has 0 saturated heterocycles. The topological polar surface area (TPSA) is 31.2 Å². The largest absolute Gasteiger partial charge is 0.443 e. The van der Waals surface area contributed by atoms with E-state index in [0.717, 1.165) is 22.8 Å². The van der Waals surface area contributed by atoms with E-state index in [2.05, 4.69) is 15.9 Å². The van der Waals surface area contributed by atoms with Gasteiger partial charge in [0.15, 0.2) is 0 Å². The Bertz CT molecular complexity index is 689. The fourth-order valence-corrected chi connectivity index (χ4v) is 2.22. The van der Waals surface area contributed by atoms with Crippen molar-refractivity contribution in [2.24, 2.45) is 0 Å². The van der Waals surface area contributed by atoms with E-state index in [4.69, 9.17) is 4.74 Å². The highest BCUT2D eigenvalue weighted by atomic mass is 79.9. The molecule has 0 unspecified atom stereocenters. The van der Waals surface area contributed by atoms with Crippen LogP contribution < -0.4 is 0 Å². The third-order valence-corrected chi connectivity index (χ3v) is 3.01. The lowest BCUT2D eigenvalue weighted by atomic mass is 10.1. The van der Waals surface area contributed by atoms with Gasteiger partial charge in [0.25, 0.3) is 0 Å². The molecule has 0 bridgehead atoms. The second-order valence-electron chi connectivity index (χ2n) is 5.52. The zero-order chi connectivity index (χ0) is 15.8. The third-order valence-electron chi connectivity index (χ3n) is 2.58. The van der Waals surface area contributed by atoms with Gasteiger partial charge in [0.2, 0.25) is 0 Å². The van der Waals surface area contributed by atoms with E-state index in [-0.39, 0.29) is 11.3 Å². The second kappa shape index (κ2) is 5.60. The molecule has 21 heavy (non-hydrogen) atoms. The first kappa shape index (κ1) is 15.7. The number of benzene rings is 1. The lowest BCUT2D eigenvalue weighted by molar-refractivity contribution is 0.0540. The summed E-state index contributed by atoms with van der Waals surface area (Å²) in [5.74, 6) is -1.20. The summed E-state index contributed by atoms with van der Waals surface area (Å²) in [5, 5.41) is 0. The van der Waals surface area contributed by atoms with Crippen LogP contribution in [-0.4, -0.2) is 16.3 Å². The fourth-order valence-electron chi connectivity index (χ4n) is 1.79. The number of hydrogen-bond donors (Lipinski definition) is 0. The number of carbonyl (C=O) groups is 1. The predicted octanol–water partition coefficient (Wildman–Crippen LogP) is 4.98. The first-order valence-electron chi connectivity index (χ1n) is 6.24. The molecule has 0 aliphatic heterocycles. The smallest absolute Gasteiger partial charge is 0.419 e. The van der Waals surface area contributed by atoms with E-state index in [1.165, 1.54) is 12.3 Å². The van der Waals surface area contributed by atoms with Crippen LogP contribution in [0.4, 0.5) is 13.6 Å². The van der Waals surface area contributed by atoms with Crippen LogP contribution in [0.2, 0.25) is 0 Å². The minimum atomic E-state index is -0.689. The van der Waals surface area contributed by atoms with E-state index in [1.807, 2.05) is 0 Å². The minimum absolute atomic E-state index is 0.00782. The van der Waals surface area contributed by atoms with Gasteiger partial charge < -0.3 is 4.74 Å². The summed E-state index contributed by atoms with van der Waals surface area (Å²) in [6.07, 6.45) is 0.792. The van der Waals surface area contributed by atoms with Crippen molar-refractivity contribution < 1.29 is 18.3 Å². The molecular weight excluding hydrogens is 344 g/mol. The minimum Gasteiger partial charge on any atom is -0.443 e. The monoisotopic (exact) mass is 357 g/mol. The number of ether oxygens (including phenoxy) is 1. The Balaban J connectivity index is 2.51. The average Bonchev–Trinajstić information content (AvgIpc) is 2.72. The van der Waals surface area contributed by atoms with Crippen molar-refractivity contribution >= 4 is 22.0 Å². The number of hydrogen-bond acceptors (Lipinski definition) is 2. The zero-order valence-corrected chi connectivity index (χ0v) is 13.4. The van der Waals surface area contributed by atoms with Gasteiger partial charge in [0.1, 0.15) is 17.2 Å². The SMILES string of the molecule is CC(C)(C)OC(=O)n1cc(Br)cc1-c1cc(F)ccc1F. The summed E-state index contributed by atoms with van der Waals surface area (Å²) >= 11 is 3.23. The molecular formula is C15H14BrF2NO2. The van der Waals surface area contributed by atoms with Gasteiger partial charge in [-0.2, -0.15) is 0 Å². The number of aromatic nitrogens is 1. The predicted molar refractivity (Wildman–Crippen MR) is 79.1 cm³/mol. The number of halogens is 3. The Labute approximate surface area is 129 Å². The van der Waals surface area contributed by atoms with E-state index < -0.39 is 23.3 Å². The maximum atomic E-state index is 13.9. The molecule has 0 saturated carbocycles. The van der Waals surface area contributed by atoms with Gasteiger partial charge in [-0.3, -0.25) is 4.57 Å². The van der Waals surface area contributed by atoms with Crippen molar-refractivity contribution in [2.75, 3.05) is 0 Å². The van der Waals surface area contributed by atoms with Crippen LogP contribution in [0.1, 0.15) is 20.8 Å². The quantitative estimate of drug-likeness (QED) is 0.720. The van der Waals surface area contributed by atoms with Crippen molar-refractivity contribution in [3.05, 3.63) is 46.6 Å². The molecule has 2 rings (SSSR count). The number of nitrogens with zero attached hydrogens (tertiary/aromatic N) is 1. The molecule has 0 fully saturated rings. The summed E-state index contributed by atoms with van der Waals surface area (Å²) in [7, 11) is 0. The standard InChI is InChI=1S/C15H14BrF2NO2/c1-15(2,3)21-14(20)19-8-9(16)6-13(19)11-7-10(17)4-5-12(11)18/h4-8H,1-3H3. The second-order valence-corrected chi connectivity index (χ2v) is 6.43. The highest BCUT2D eigenvalue weighted by molar-refractivity contribution is 9.10. The number of carbonyl (C=O) groups excluding carboxylic acids is 1. The highest BCUT2D eigenvalue weighted by Crippen LogP contribution is 2.29. The molecule has 0 radical (unpaired) electrons. The van der Waals surface area contributed by atoms with Gasteiger partial charge in [-0.1, -0.05) is 0 Å². The van der Waals surface area contributed by atoms with Crippen molar-refractivity contribution in [1.82, 2.24) is 4.57 Å². The van der Waals surface area contributed by atoms with Crippen molar-refractivity contribution in [1.29, 1.82) is 0 Å². The van der Waals surface area contributed by atoms with Gasteiger partial charge in [-0.15, -0.1) is 0 Å². The number of rotatable bonds is 1. The van der Waals surface area contributed by atoms with Crippen LogP contribution >= 0.6 is 15.9 Å². The van der Waals surface area contributed by atoms with Crippen LogP contribution in [0.25, 0.3) is 11.3 Å². The lowest BCUT2D eigenvalue weighted by Gasteiger charge is -2.20. The van der Waals surface area contributed by atoms with Crippen LogP contribution in [0.5, 0.6) is 0 Å². The molecule has 0 N–H and O–H groups in total. The molecule has 0 amide bonds. The van der Waals surface area contributed by atoms with E-state index >= 15 is 0 Å². The van der Waals surface area contributed by atoms with Gasteiger partial charge in [0, 0.05) is 16.2 Å². The van der Waals surface area contributed by atoms with E-state index in [9.17, 15) is 13.6 Å². The molecule has 2 aromatic rings. The average molecular weight is 358 g/mol. The summed E-state index contributed by atoms with van der Waals surface area (Å²) in [6, 6.07) is 4.61. The Morgan fingerprint density at radius 3 is 2.52 bits per heavy atom. The van der Waals surface area contributed by atoms with Gasteiger partial charge in [0.05, 0.1) is 5.69 Å². The Morgan fingerprint density at radius 2 is 1.90 bits per heavy atom.